The Labute approximate surface area is 116 Å². The van der Waals surface area contributed by atoms with Crippen molar-refractivity contribution in [2.45, 2.75) is 13.1 Å². The Morgan fingerprint density at radius 3 is 2.35 bits per heavy atom. The van der Waals surface area contributed by atoms with Crippen LogP contribution in [0.2, 0.25) is 0 Å². The molecule has 0 aromatic heterocycles. The van der Waals surface area contributed by atoms with Gasteiger partial charge in [0.15, 0.2) is 0 Å². The van der Waals surface area contributed by atoms with E-state index >= 15 is 0 Å². The van der Waals surface area contributed by atoms with Crippen LogP contribution < -0.4 is 10.6 Å². The predicted molar refractivity (Wildman–Crippen MR) is 72.4 cm³/mol. The van der Waals surface area contributed by atoms with Crippen molar-refractivity contribution in [1.29, 1.82) is 0 Å². The zero-order valence-corrected chi connectivity index (χ0v) is 11.7. The molecule has 0 aliphatic rings. The molecule has 1 rings (SSSR count). The van der Waals surface area contributed by atoms with E-state index in [9.17, 15) is 18.0 Å². The predicted octanol–water partition coefficient (Wildman–Crippen LogP) is 2.20. The molecule has 1 amide bonds. The van der Waals surface area contributed by atoms with Crippen LogP contribution in [0, 0.1) is 0 Å². The summed E-state index contributed by atoms with van der Waals surface area (Å²) in [6, 6.07) is 3.58. The molecule has 1 aromatic carbocycles. The highest BCUT2D eigenvalue weighted by molar-refractivity contribution is 5.81. The van der Waals surface area contributed by atoms with Gasteiger partial charge in [-0.1, -0.05) is 0 Å². The van der Waals surface area contributed by atoms with Crippen LogP contribution in [0.25, 0.3) is 0 Å². The van der Waals surface area contributed by atoms with Crippen LogP contribution in [0.15, 0.2) is 18.2 Å². The molecule has 0 unspecified atom stereocenters. The van der Waals surface area contributed by atoms with E-state index in [-0.39, 0.29) is 30.4 Å². The number of hydrogen-bond acceptors (Lipinski definition) is 3. The third-order valence-electron chi connectivity index (χ3n) is 2.87. The van der Waals surface area contributed by atoms with Crippen LogP contribution >= 0.6 is 0 Å². The number of amides is 1. The molecule has 7 heteroatoms. The van der Waals surface area contributed by atoms with Gasteiger partial charge in [-0.3, -0.25) is 4.79 Å². The summed E-state index contributed by atoms with van der Waals surface area (Å²) in [4.78, 5) is 14.4. The van der Waals surface area contributed by atoms with Crippen molar-refractivity contribution in [1.82, 2.24) is 4.90 Å². The van der Waals surface area contributed by atoms with Gasteiger partial charge in [-0.15, -0.1) is 0 Å². The number of nitrogens with two attached hydrogens (primary N) is 1. The van der Waals surface area contributed by atoms with E-state index in [0.29, 0.717) is 0 Å². The summed E-state index contributed by atoms with van der Waals surface area (Å²) in [5, 5.41) is 0. The molecule has 0 spiro atoms. The van der Waals surface area contributed by atoms with E-state index in [1.165, 1.54) is 21.9 Å². The summed E-state index contributed by atoms with van der Waals surface area (Å²) in [6.07, 6.45) is -4.51. The number of halogens is 3. The molecule has 0 heterocycles. The molecule has 0 aliphatic heterocycles. The molecule has 0 saturated heterocycles. The summed E-state index contributed by atoms with van der Waals surface area (Å²) < 4.78 is 39.1. The number of nitrogens with zero attached hydrogens (tertiary/aromatic N) is 2. The monoisotopic (exact) mass is 289 g/mol. The Kier molecular flexibility index (Phi) is 4.86. The van der Waals surface area contributed by atoms with Crippen LogP contribution in [0.3, 0.4) is 0 Å². The largest absolute Gasteiger partial charge is 0.418 e. The van der Waals surface area contributed by atoms with E-state index in [2.05, 4.69) is 0 Å². The Bertz CT molecular complexity index is 486. The van der Waals surface area contributed by atoms with Crippen LogP contribution in [0.5, 0.6) is 0 Å². The molecule has 0 saturated carbocycles. The second-order valence-electron chi connectivity index (χ2n) is 4.58. The zero-order chi connectivity index (χ0) is 15.5. The minimum absolute atomic E-state index is 0.0376. The van der Waals surface area contributed by atoms with E-state index in [1.807, 2.05) is 0 Å². The topological polar surface area (TPSA) is 49.6 Å². The lowest BCUT2D eigenvalue weighted by Gasteiger charge is -2.27. The molecule has 112 valence electrons. The van der Waals surface area contributed by atoms with Crippen molar-refractivity contribution in [2.75, 3.05) is 37.8 Å². The SMILES string of the molecule is CCN(CC(=O)N(C)C)c1ccc(N)cc1C(F)(F)F. The summed E-state index contributed by atoms with van der Waals surface area (Å²) in [5.74, 6) is -0.267. The third-order valence-corrected chi connectivity index (χ3v) is 2.87. The molecule has 20 heavy (non-hydrogen) atoms. The highest BCUT2D eigenvalue weighted by atomic mass is 19.4. The van der Waals surface area contributed by atoms with E-state index in [4.69, 9.17) is 5.73 Å². The maximum absolute atomic E-state index is 13.0. The number of hydrogen-bond donors (Lipinski definition) is 1. The average molecular weight is 289 g/mol. The summed E-state index contributed by atoms with van der Waals surface area (Å²) in [5.41, 5.74) is 4.59. The maximum atomic E-state index is 13.0. The maximum Gasteiger partial charge on any atom is 0.418 e. The number of carbonyl (C=O) groups excluding carboxylic acids is 1. The van der Waals surface area contributed by atoms with Crippen molar-refractivity contribution in [3.63, 3.8) is 0 Å². The normalized spacial score (nSPS) is 11.3. The molecule has 0 atom stereocenters. The fraction of sp³-hybridized carbons (Fsp3) is 0.462. The molecule has 0 aliphatic carbocycles. The van der Waals surface area contributed by atoms with E-state index in [1.54, 1.807) is 21.0 Å². The van der Waals surface area contributed by atoms with Gasteiger partial charge >= 0.3 is 6.18 Å². The van der Waals surface area contributed by atoms with Gasteiger partial charge in [-0.05, 0) is 25.1 Å². The summed E-state index contributed by atoms with van der Waals surface area (Å²) >= 11 is 0. The van der Waals surface area contributed by atoms with Gasteiger partial charge in [0.25, 0.3) is 0 Å². The van der Waals surface area contributed by atoms with Gasteiger partial charge in [0.2, 0.25) is 5.91 Å². The molecule has 0 radical (unpaired) electrons. The second kappa shape index (κ2) is 6.02. The van der Waals surface area contributed by atoms with Gasteiger partial charge in [-0.25, -0.2) is 0 Å². The smallest absolute Gasteiger partial charge is 0.399 e. The van der Waals surface area contributed by atoms with Crippen molar-refractivity contribution >= 4 is 17.3 Å². The van der Waals surface area contributed by atoms with Crippen LogP contribution in [0.4, 0.5) is 24.5 Å². The lowest BCUT2D eigenvalue weighted by molar-refractivity contribution is -0.137. The third kappa shape index (κ3) is 3.79. The standard InChI is InChI=1S/C13H18F3N3O/c1-4-19(8-12(20)18(2)3)11-6-5-9(17)7-10(11)13(14,15)16/h5-7H,4,8,17H2,1-3H3. The first-order chi connectivity index (χ1) is 9.16. The minimum Gasteiger partial charge on any atom is -0.399 e. The molecule has 0 fully saturated rings. The van der Waals surface area contributed by atoms with Crippen molar-refractivity contribution in [3.8, 4) is 0 Å². The Balaban J connectivity index is 3.19. The molecule has 2 N–H and O–H groups in total. The van der Waals surface area contributed by atoms with Crippen LogP contribution in [0.1, 0.15) is 12.5 Å². The highest BCUT2D eigenvalue weighted by Crippen LogP contribution is 2.37. The summed E-state index contributed by atoms with van der Waals surface area (Å²) in [6.45, 7) is 1.86. The fourth-order valence-electron chi connectivity index (χ4n) is 1.73. The number of likely N-dealkylation sites (N-methyl/N-ethyl adjacent to an activating group) is 2. The molecular weight excluding hydrogens is 271 g/mol. The number of benzene rings is 1. The number of anilines is 2. The van der Waals surface area contributed by atoms with Crippen molar-refractivity contribution in [2.24, 2.45) is 0 Å². The van der Waals surface area contributed by atoms with Crippen LogP contribution in [-0.4, -0.2) is 38.0 Å². The van der Waals surface area contributed by atoms with Gasteiger partial charge in [0, 0.05) is 32.0 Å². The first-order valence-corrected chi connectivity index (χ1v) is 6.08. The van der Waals surface area contributed by atoms with Gasteiger partial charge in [0.05, 0.1) is 12.1 Å². The van der Waals surface area contributed by atoms with Gasteiger partial charge < -0.3 is 15.5 Å². The number of alkyl halides is 3. The lowest BCUT2D eigenvalue weighted by atomic mass is 10.1. The molecular formula is C13H18F3N3O. The number of rotatable bonds is 4. The number of nitrogen functional groups attached to an aromatic ring is 1. The van der Waals surface area contributed by atoms with Gasteiger partial charge in [-0.2, -0.15) is 13.2 Å². The Morgan fingerprint density at radius 1 is 1.30 bits per heavy atom. The first kappa shape index (κ1) is 16.1. The minimum atomic E-state index is -4.51. The average Bonchev–Trinajstić information content (AvgIpc) is 2.34. The van der Waals surface area contributed by atoms with E-state index < -0.39 is 11.7 Å². The van der Waals surface area contributed by atoms with Crippen molar-refractivity contribution in [3.05, 3.63) is 23.8 Å². The number of carbonyl (C=O) groups is 1. The van der Waals surface area contributed by atoms with Crippen LogP contribution in [-0.2, 0) is 11.0 Å². The zero-order valence-electron chi connectivity index (χ0n) is 11.7. The molecule has 0 bridgehead atoms. The van der Waals surface area contributed by atoms with E-state index in [0.717, 1.165) is 6.07 Å². The molecule has 1 aromatic rings. The lowest BCUT2D eigenvalue weighted by Crippen LogP contribution is -2.37. The van der Waals surface area contributed by atoms with Gasteiger partial charge in [0.1, 0.15) is 0 Å². The Hall–Kier alpha value is -1.92. The van der Waals surface area contributed by atoms with Crippen molar-refractivity contribution < 1.29 is 18.0 Å². The molecule has 4 nitrogen and oxygen atoms in total. The quantitative estimate of drug-likeness (QED) is 0.865. The highest BCUT2D eigenvalue weighted by Gasteiger charge is 2.35. The fourth-order valence-corrected chi connectivity index (χ4v) is 1.73. The Morgan fingerprint density at radius 2 is 1.90 bits per heavy atom. The second-order valence-corrected chi connectivity index (χ2v) is 4.58. The first-order valence-electron chi connectivity index (χ1n) is 6.08. The summed E-state index contributed by atoms with van der Waals surface area (Å²) in [7, 11) is 3.12.